The maximum Gasteiger partial charge on any atom is 0.126 e. The van der Waals surface area contributed by atoms with Gasteiger partial charge in [-0.3, -0.25) is 0 Å². The lowest BCUT2D eigenvalue weighted by molar-refractivity contribution is 0.0766. The van der Waals surface area contributed by atoms with Gasteiger partial charge in [-0.05, 0) is 37.5 Å². The Kier molecular flexibility index (Phi) is 3.27. The summed E-state index contributed by atoms with van der Waals surface area (Å²) in [7, 11) is 0. The van der Waals surface area contributed by atoms with E-state index in [9.17, 15) is 0 Å². The molecule has 1 N–H and O–H groups in total. The fraction of sp³-hybridized carbons (Fsp3) is 0.625. The molecule has 0 spiro atoms. The van der Waals surface area contributed by atoms with Crippen LogP contribution < -0.4 is 10.1 Å². The van der Waals surface area contributed by atoms with Crippen molar-refractivity contribution in [3.8, 4) is 5.75 Å². The van der Waals surface area contributed by atoms with Gasteiger partial charge in [-0.25, -0.2) is 0 Å². The van der Waals surface area contributed by atoms with Crippen LogP contribution in [0.15, 0.2) is 6.07 Å². The fourth-order valence-electron chi connectivity index (χ4n) is 3.30. The van der Waals surface area contributed by atoms with Crippen LogP contribution in [0.1, 0.15) is 48.1 Å². The summed E-state index contributed by atoms with van der Waals surface area (Å²) in [4.78, 5) is 0. The van der Waals surface area contributed by atoms with E-state index >= 15 is 0 Å². The number of morpholine rings is 1. The first kappa shape index (κ1) is 12.9. The molecule has 1 aromatic rings. The first-order valence-corrected chi connectivity index (χ1v) is 7.21. The number of aryl methyl sites for hydroxylation is 1. The van der Waals surface area contributed by atoms with Crippen molar-refractivity contribution in [1.82, 2.24) is 5.32 Å². The molecule has 2 heterocycles. The Morgan fingerprint density at radius 2 is 2.05 bits per heavy atom. The Bertz CT molecular complexity index is 492. The van der Waals surface area contributed by atoms with Crippen LogP contribution in [0.3, 0.4) is 0 Å². The fourth-order valence-corrected chi connectivity index (χ4v) is 3.30. The van der Waals surface area contributed by atoms with Crippen LogP contribution in [0.4, 0.5) is 0 Å². The van der Waals surface area contributed by atoms with Crippen LogP contribution >= 0.6 is 0 Å². The molecule has 1 aromatic carbocycles. The van der Waals surface area contributed by atoms with Crippen LogP contribution in [0.5, 0.6) is 5.75 Å². The average Bonchev–Trinajstić information content (AvgIpc) is 2.72. The normalized spacial score (nSPS) is 30.0. The van der Waals surface area contributed by atoms with Crippen molar-refractivity contribution in [2.24, 2.45) is 0 Å². The lowest BCUT2D eigenvalue weighted by Gasteiger charge is -2.27. The highest BCUT2D eigenvalue weighted by molar-refractivity contribution is 5.55. The Morgan fingerprint density at radius 1 is 1.26 bits per heavy atom. The summed E-state index contributed by atoms with van der Waals surface area (Å²) in [5.74, 6) is 1.58. The van der Waals surface area contributed by atoms with Gasteiger partial charge in [0.25, 0.3) is 0 Å². The Hall–Kier alpha value is -1.06. The highest BCUT2D eigenvalue weighted by atomic mass is 16.5. The Morgan fingerprint density at radius 3 is 2.74 bits per heavy atom. The van der Waals surface area contributed by atoms with Crippen molar-refractivity contribution in [2.45, 2.75) is 45.8 Å². The topological polar surface area (TPSA) is 30.5 Å². The quantitative estimate of drug-likeness (QED) is 0.843. The highest BCUT2D eigenvalue weighted by Crippen LogP contribution is 2.44. The standard InChI is InChI=1S/C16H23NO2/c1-9-7-13(14-8-18-6-5-17-14)11(3)15-10(2)12(4)19-16(9)15/h7,10,12,14,17H,5-6,8H2,1-4H3. The third-order valence-electron chi connectivity index (χ3n) is 4.57. The van der Waals surface area contributed by atoms with Gasteiger partial charge >= 0.3 is 0 Å². The lowest BCUT2D eigenvalue weighted by Crippen LogP contribution is -2.35. The summed E-state index contributed by atoms with van der Waals surface area (Å²) in [5.41, 5.74) is 5.40. The predicted molar refractivity (Wildman–Crippen MR) is 76.0 cm³/mol. The molecule has 0 radical (unpaired) electrons. The number of benzene rings is 1. The number of rotatable bonds is 1. The molecule has 3 rings (SSSR count). The average molecular weight is 261 g/mol. The van der Waals surface area contributed by atoms with Gasteiger partial charge in [0, 0.05) is 18.0 Å². The van der Waals surface area contributed by atoms with E-state index < -0.39 is 0 Å². The van der Waals surface area contributed by atoms with E-state index in [1.807, 2.05) is 0 Å². The van der Waals surface area contributed by atoms with Gasteiger partial charge in [0.2, 0.25) is 0 Å². The maximum atomic E-state index is 6.02. The van der Waals surface area contributed by atoms with Gasteiger partial charge in [-0.1, -0.05) is 13.0 Å². The van der Waals surface area contributed by atoms with Crippen LogP contribution in [0.25, 0.3) is 0 Å². The van der Waals surface area contributed by atoms with Crippen molar-refractivity contribution in [3.05, 3.63) is 28.3 Å². The van der Waals surface area contributed by atoms with Crippen LogP contribution in [0, 0.1) is 13.8 Å². The van der Waals surface area contributed by atoms with E-state index in [1.54, 1.807) is 0 Å². The summed E-state index contributed by atoms with van der Waals surface area (Å²) in [6, 6.07) is 2.59. The number of hydrogen-bond acceptors (Lipinski definition) is 3. The molecule has 3 nitrogen and oxygen atoms in total. The van der Waals surface area contributed by atoms with E-state index in [2.05, 4.69) is 39.1 Å². The molecule has 2 aliphatic heterocycles. The van der Waals surface area contributed by atoms with E-state index in [0.717, 1.165) is 25.5 Å². The minimum absolute atomic E-state index is 0.276. The molecule has 0 amide bonds. The molecule has 1 saturated heterocycles. The Balaban J connectivity index is 2.06. The van der Waals surface area contributed by atoms with Crippen molar-refractivity contribution in [1.29, 1.82) is 0 Å². The molecule has 0 saturated carbocycles. The smallest absolute Gasteiger partial charge is 0.126 e. The molecule has 19 heavy (non-hydrogen) atoms. The number of ether oxygens (including phenoxy) is 2. The second-order valence-electron chi connectivity index (χ2n) is 5.84. The van der Waals surface area contributed by atoms with E-state index in [4.69, 9.17) is 9.47 Å². The van der Waals surface area contributed by atoms with Gasteiger partial charge in [0.05, 0.1) is 19.3 Å². The van der Waals surface area contributed by atoms with Gasteiger partial charge in [-0.2, -0.15) is 0 Å². The van der Waals surface area contributed by atoms with Crippen molar-refractivity contribution in [3.63, 3.8) is 0 Å². The largest absolute Gasteiger partial charge is 0.490 e. The summed E-state index contributed by atoms with van der Waals surface area (Å²) < 4.78 is 11.6. The zero-order valence-electron chi connectivity index (χ0n) is 12.2. The van der Waals surface area contributed by atoms with Crippen molar-refractivity contribution < 1.29 is 9.47 Å². The lowest BCUT2D eigenvalue weighted by atomic mass is 9.87. The minimum Gasteiger partial charge on any atom is -0.490 e. The van der Waals surface area contributed by atoms with E-state index in [1.165, 1.54) is 22.3 Å². The molecular weight excluding hydrogens is 238 g/mol. The molecule has 1 fully saturated rings. The predicted octanol–water partition coefficient (Wildman–Crippen LogP) is 2.85. The molecule has 0 aliphatic carbocycles. The van der Waals surface area contributed by atoms with Crippen LogP contribution in [-0.2, 0) is 4.74 Å². The second kappa shape index (κ2) is 4.80. The molecule has 0 bridgehead atoms. The number of hydrogen-bond donors (Lipinski definition) is 1. The molecule has 3 atom stereocenters. The third-order valence-corrected chi connectivity index (χ3v) is 4.57. The van der Waals surface area contributed by atoms with Crippen LogP contribution in [-0.4, -0.2) is 25.9 Å². The third kappa shape index (κ3) is 2.05. The Labute approximate surface area is 115 Å². The first-order chi connectivity index (χ1) is 9.09. The van der Waals surface area contributed by atoms with E-state index in [-0.39, 0.29) is 6.10 Å². The second-order valence-corrected chi connectivity index (χ2v) is 5.84. The monoisotopic (exact) mass is 261 g/mol. The number of fused-ring (bicyclic) bond motifs is 1. The molecule has 0 aromatic heterocycles. The van der Waals surface area contributed by atoms with Crippen molar-refractivity contribution in [2.75, 3.05) is 19.8 Å². The molecule has 104 valence electrons. The van der Waals surface area contributed by atoms with Gasteiger partial charge in [0.15, 0.2) is 0 Å². The van der Waals surface area contributed by atoms with Gasteiger partial charge < -0.3 is 14.8 Å². The summed E-state index contributed by atoms with van der Waals surface area (Å²) in [5, 5.41) is 3.55. The van der Waals surface area contributed by atoms with E-state index in [0.29, 0.717) is 12.0 Å². The van der Waals surface area contributed by atoms with Gasteiger partial charge in [-0.15, -0.1) is 0 Å². The first-order valence-electron chi connectivity index (χ1n) is 7.21. The maximum absolute atomic E-state index is 6.02. The number of nitrogens with one attached hydrogen (secondary N) is 1. The zero-order chi connectivity index (χ0) is 13.6. The molecule has 3 unspecified atom stereocenters. The minimum atomic E-state index is 0.276. The SMILES string of the molecule is Cc1cc(C2COCCN2)c(C)c2c1OC(C)C2C. The summed E-state index contributed by atoms with van der Waals surface area (Å²) >= 11 is 0. The molecule has 2 aliphatic rings. The van der Waals surface area contributed by atoms with Gasteiger partial charge in [0.1, 0.15) is 11.9 Å². The zero-order valence-corrected chi connectivity index (χ0v) is 12.2. The highest BCUT2D eigenvalue weighted by Gasteiger charge is 2.32. The molecule has 3 heteroatoms. The van der Waals surface area contributed by atoms with Crippen molar-refractivity contribution >= 4 is 0 Å². The summed E-state index contributed by atoms with van der Waals surface area (Å²) in [6.45, 7) is 11.3. The molecular formula is C16H23NO2. The summed E-state index contributed by atoms with van der Waals surface area (Å²) in [6.07, 6.45) is 0.276. The van der Waals surface area contributed by atoms with Crippen LogP contribution in [0.2, 0.25) is 0 Å².